The van der Waals surface area contributed by atoms with E-state index in [1.54, 1.807) is 18.5 Å². The number of rotatable bonds is 7. The molecule has 33 heavy (non-hydrogen) atoms. The summed E-state index contributed by atoms with van der Waals surface area (Å²) in [6.45, 7) is 9.03. The molecule has 3 aromatic rings. The SMILES string of the molecule is CC(C)c1ccc([C@](O)(c2cncc(-c3cc(C(C)(O)CO)[nH]n3)c2)C2(C)CN(C)C2)cc1. The highest BCUT2D eigenvalue weighted by Gasteiger charge is 2.55. The molecular formula is C26H34N4O3. The molecule has 0 bridgehead atoms. The minimum Gasteiger partial charge on any atom is -0.393 e. The second-order valence-electron chi connectivity index (χ2n) is 10.3. The average molecular weight is 451 g/mol. The van der Waals surface area contributed by atoms with E-state index in [0.29, 0.717) is 22.9 Å². The third-order valence-electron chi connectivity index (χ3n) is 7.02. The van der Waals surface area contributed by atoms with Gasteiger partial charge in [0.05, 0.1) is 18.0 Å². The molecule has 1 unspecified atom stereocenters. The summed E-state index contributed by atoms with van der Waals surface area (Å²) in [4.78, 5) is 6.64. The molecule has 176 valence electrons. The maximum atomic E-state index is 12.4. The minimum atomic E-state index is -1.42. The number of hydrogen-bond donors (Lipinski definition) is 4. The molecular weight excluding hydrogens is 416 g/mol. The van der Waals surface area contributed by atoms with Crippen molar-refractivity contribution in [2.24, 2.45) is 5.41 Å². The molecule has 1 aromatic carbocycles. The van der Waals surface area contributed by atoms with Crippen molar-refractivity contribution in [3.8, 4) is 11.3 Å². The number of H-pyrrole nitrogens is 1. The standard InChI is InChI=1S/C26H34N4O3/c1-17(2)18-6-8-20(9-7-18)26(33,24(3)14-30(5)15-24)21-10-19(12-27-13-21)22-11-23(29-28-22)25(4,32)16-31/h6-13,17,31-33H,14-16H2,1-5H3,(H,28,29)/t25?,26-/m0/s1. The van der Waals surface area contributed by atoms with Crippen molar-refractivity contribution in [2.45, 2.75) is 44.8 Å². The van der Waals surface area contributed by atoms with Crippen LogP contribution < -0.4 is 0 Å². The Morgan fingerprint density at radius 1 is 1.09 bits per heavy atom. The van der Waals surface area contributed by atoms with Crippen LogP contribution in [0.2, 0.25) is 0 Å². The number of benzene rings is 1. The quantitative estimate of drug-likeness (QED) is 0.441. The molecule has 0 aliphatic carbocycles. The van der Waals surface area contributed by atoms with Crippen molar-refractivity contribution in [1.82, 2.24) is 20.1 Å². The lowest BCUT2D eigenvalue weighted by molar-refractivity contribution is -0.127. The fourth-order valence-electron chi connectivity index (χ4n) is 4.96. The molecule has 1 aliphatic heterocycles. The van der Waals surface area contributed by atoms with Gasteiger partial charge in [0.25, 0.3) is 0 Å². The summed E-state index contributed by atoms with van der Waals surface area (Å²) in [7, 11) is 2.05. The van der Waals surface area contributed by atoms with Crippen LogP contribution in [0.1, 0.15) is 56.0 Å². The molecule has 1 aliphatic rings. The molecule has 2 atom stereocenters. The van der Waals surface area contributed by atoms with Gasteiger partial charge in [0.2, 0.25) is 0 Å². The van der Waals surface area contributed by atoms with Gasteiger partial charge in [-0.05, 0) is 43.1 Å². The Morgan fingerprint density at radius 3 is 2.33 bits per heavy atom. The van der Waals surface area contributed by atoms with Crippen LogP contribution >= 0.6 is 0 Å². The first kappa shape index (κ1) is 23.6. The molecule has 0 amide bonds. The predicted octanol–water partition coefficient (Wildman–Crippen LogP) is 2.98. The van der Waals surface area contributed by atoms with Crippen molar-refractivity contribution in [3.05, 3.63) is 71.2 Å². The van der Waals surface area contributed by atoms with Crippen molar-refractivity contribution in [3.63, 3.8) is 0 Å². The first-order valence-electron chi connectivity index (χ1n) is 11.4. The zero-order valence-electron chi connectivity index (χ0n) is 20.0. The van der Waals surface area contributed by atoms with Crippen LogP contribution in [0.5, 0.6) is 0 Å². The number of nitrogens with zero attached hydrogens (tertiary/aromatic N) is 3. The molecule has 0 saturated carbocycles. The van der Waals surface area contributed by atoms with E-state index in [-0.39, 0.29) is 0 Å². The largest absolute Gasteiger partial charge is 0.393 e. The zero-order chi connectivity index (χ0) is 24.0. The fourth-order valence-corrected chi connectivity index (χ4v) is 4.96. The van der Waals surface area contributed by atoms with Crippen LogP contribution in [0, 0.1) is 5.41 Å². The molecule has 0 spiro atoms. The summed E-state index contributed by atoms with van der Waals surface area (Å²) in [6, 6.07) is 11.8. The first-order valence-corrected chi connectivity index (χ1v) is 11.4. The van der Waals surface area contributed by atoms with E-state index in [2.05, 4.69) is 60.0 Å². The van der Waals surface area contributed by atoms with E-state index in [9.17, 15) is 15.3 Å². The lowest BCUT2D eigenvalue weighted by Gasteiger charge is -2.55. The van der Waals surface area contributed by atoms with Gasteiger partial charge in [0.15, 0.2) is 0 Å². The van der Waals surface area contributed by atoms with Gasteiger partial charge in [0, 0.05) is 42.0 Å². The summed E-state index contributed by atoms with van der Waals surface area (Å²) in [6.07, 6.45) is 3.41. The molecule has 7 nitrogen and oxygen atoms in total. The van der Waals surface area contributed by atoms with Gasteiger partial charge in [-0.15, -0.1) is 0 Å². The lowest BCUT2D eigenvalue weighted by atomic mass is 9.62. The Morgan fingerprint density at radius 2 is 1.76 bits per heavy atom. The van der Waals surface area contributed by atoms with Gasteiger partial charge in [-0.2, -0.15) is 5.10 Å². The highest BCUT2D eigenvalue weighted by molar-refractivity contribution is 5.60. The highest BCUT2D eigenvalue weighted by Crippen LogP contribution is 2.50. The topological polar surface area (TPSA) is 106 Å². The third-order valence-corrected chi connectivity index (χ3v) is 7.02. The Labute approximate surface area is 195 Å². The van der Waals surface area contributed by atoms with Gasteiger partial charge in [-0.25, -0.2) is 0 Å². The number of hydrogen-bond acceptors (Lipinski definition) is 6. The zero-order valence-corrected chi connectivity index (χ0v) is 20.0. The number of aliphatic hydroxyl groups excluding tert-OH is 1. The maximum Gasteiger partial charge on any atom is 0.126 e. The number of pyridine rings is 1. The monoisotopic (exact) mass is 450 g/mol. The minimum absolute atomic E-state index is 0.390. The molecule has 0 radical (unpaired) electrons. The summed E-state index contributed by atoms with van der Waals surface area (Å²) in [5, 5.41) is 39.3. The van der Waals surface area contributed by atoms with Crippen molar-refractivity contribution in [1.29, 1.82) is 0 Å². The van der Waals surface area contributed by atoms with E-state index in [4.69, 9.17) is 0 Å². The smallest absolute Gasteiger partial charge is 0.126 e. The average Bonchev–Trinajstić information content (AvgIpc) is 3.29. The van der Waals surface area contributed by atoms with Gasteiger partial charge >= 0.3 is 0 Å². The summed E-state index contributed by atoms with van der Waals surface area (Å²) in [5.41, 5.74) is 1.44. The van der Waals surface area contributed by atoms with Gasteiger partial charge in [0.1, 0.15) is 11.2 Å². The van der Waals surface area contributed by atoms with Crippen LogP contribution in [-0.4, -0.2) is 62.1 Å². The van der Waals surface area contributed by atoms with Gasteiger partial charge in [-0.1, -0.05) is 45.0 Å². The lowest BCUT2D eigenvalue weighted by Crippen LogP contribution is -2.63. The Balaban J connectivity index is 1.79. The van der Waals surface area contributed by atoms with Crippen LogP contribution in [0.15, 0.2) is 48.8 Å². The number of aromatic nitrogens is 3. The summed E-state index contributed by atoms with van der Waals surface area (Å²) >= 11 is 0. The van der Waals surface area contributed by atoms with E-state index < -0.39 is 23.2 Å². The number of aromatic amines is 1. The van der Waals surface area contributed by atoms with Gasteiger partial charge < -0.3 is 20.2 Å². The second kappa shape index (κ2) is 8.33. The van der Waals surface area contributed by atoms with Crippen LogP contribution in [0.3, 0.4) is 0 Å². The Hall–Kier alpha value is -2.58. The van der Waals surface area contributed by atoms with Gasteiger partial charge in [-0.3, -0.25) is 10.1 Å². The Bertz CT molecular complexity index is 1120. The second-order valence-corrected chi connectivity index (χ2v) is 10.3. The van der Waals surface area contributed by atoms with Crippen molar-refractivity contribution >= 4 is 0 Å². The summed E-state index contributed by atoms with van der Waals surface area (Å²) in [5.74, 6) is 0.410. The number of likely N-dealkylation sites (tertiary alicyclic amines) is 1. The number of aliphatic hydroxyl groups is 3. The molecule has 1 saturated heterocycles. The van der Waals surface area contributed by atoms with E-state index in [1.165, 1.54) is 12.5 Å². The molecule has 7 heteroatoms. The highest BCUT2D eigenvalue weighted by atomic mass is 16.3. The molecule has 3 heterocycles. The summed E-state index contributed by atoms with van der Waals surface area (Å²) < 4.78 is 0. The third kappa shape index (κ3) is 3.99. The van der Waals surface area contributed by atoms with Crippen molar-refractivity contribution < 1.29 is 15.3 Å². The van der Waals surface area contributed by atoms with Crippen LogP contribution in [0.4, 0.5) is 0 Å². The predicted molar refractivity (Wildman–Crippen MR) is 128 cm³/mol. The molecule has 1 fully saturated rings. The van der Waals surface area contributed by atoms with E-state index in [0.717, 1.165) is 24.2 Å². The Kier molecular flexibility index (Phi) is 5.95. The number of nitrogens with one attached hydrogen (secondary N) is 1. The molecule has 4 rings (SSSR count). The molecule has 2 aromatic heterocycles. The van der Waals surface area contributed by atoms with E-state index in [1.807, 2.05) is 18.2 Å². The van der Waals surface area contributed by atoms with E-state index >= 15 is 0 Å². The van der Waals surface area contributed by atoms with Crippen LogP contribution in [-0.2, 0) is 11.2 Å². The normalized spacial score (nSPS) is 19.7. The van der Waals surface area contributed by atoms with Crippen LogP contribution in [0.25, 0.3) is 11.3 Å². The fraction of sp³-hybridized carbons (Fsp3) is 0.462. The maximum absolute atomic E-state index is 12.4. The van der Waals surface area contributed by atoms with Crippen molar-refractivity contribution in [2.75, 3.05) is 26.7 Å². The first-order chi connectivity index (χ1) is 15.5. The molecule has 4 N–H and O–H groups in total.